The van der Waals surface area contributed by atoms with Crippen molar-refractivity contribution in [3.8, 4) is 0 Å². The highest BCUT2D eigenvalue weighted by Crippen LogP contribution is 2.24. The lowest BCUT2D eigenvalue weighted by Crippen LogP contribution is -2.45. The van der Waals surface area contributed by atoms with Gasteiger partial charge in [-0.25, -0.2) is 9.97 Å². The van der Waals surface area contributed by atoms with E-state index in [1.165, 1.54) is 11.0 Å². The van der Waals surface area contributed by atoms with Gasteiger partial charge in [0, 0.05) is 45.5 Å². The Morgan fingerprint density at radius 1 is 1.13 bits per heavy atom. The van der Waals surface area contributed by atoms with Crippen LogP contribution < -0.4 is 21.3 Å². The molecule has 0 bridgehead atoms. The number of carbonyl (C=O) groups excluding carboxylic acids is 3. The normalized spacial score (nSPS) is 11.9. The number of benzene rings is 1. The van der Waals surface area contributed by atoms with Crippen LogP contribution in [0.5, 0.6) is 0 Å². The van der Waals surface area contributed by atoms with Gasteiger partial charge in [-0.2, -0.15) is 0 Å². The molecule has 11 nitrogen and oxygen atoms in total. The number of likely N-dealkylation sites (N-methyl/N-ethyl adjacent to an activating group) is 2. The molecular formula is C27H40N8O3. The van der Waals surface area contributed by atoms with Gasteiger partial charge in [0.05, 0.1) is 5.69 Å². The van der Waals surface area contributed by atoms with Crippen molar-refractivity contribution < 1.29 is 14.4 Å². The number of nitrogens with two attached hydrogens (primary N) is 1. The Morgan fingerprint density at radius 2 is 1.84 bits per heavy atom. The molecule has 0 radical (unpaired) electrons. The molecule has 0 aliphatic heterocycles. The summed E-state index contributed by atoms with van der Waals surface area (Å²) in [5, 5.41) is 6.06. The van der Waals surface area contributed by atoms with E-state index in [0.717, 1.165) is 12.1 Å². The van der Waals surface area contributed by atoms with Crippen LogP contribution in [0.15, 0.2) is 36.4 Å². The van der Waals surface area contributed by atoms with E-state index in [0.29, 0.717) is 36.7 Å². The van der Waals surface area contributed by atoms with E-state index in [9.17, 15) is 14.4 Å². The number of hydrogen-bond donors (Lipinski definition) is 3. The summed E-state index contributed by atoms with van der Waals surface area (Å²) in [5.74, 6) is -0.186. The van der Waals surface area contributed by atoms with Gasteiger partial charge in [-0.05, 0) is 59.0 Å². The molecule has 0 unspecified atom stereocenters. The first kappa shape index (κ1) is 30.2. The van der Waals surface area contributed by atoms with Gasteiger partial charge < -0.3 is 31.1 Å². The topological polar surface area (TPSA) is 137 Å². The van der Waals surface area contributed by atoms with Crippen LogP contribution in [0.2, 0.25) is 0 Å². The van der Waals surface area contributed by atoms with Crippen LogP contribution in [-0.4, -0.2) is 91.4 Å². The Hall–Kier alpha value is -3.99. The summed E-state index contributed by atoms with van der Waals surface area (Å²) in [4.78, 5) is 51.2. The smallest absolute Gasteiger partial charge is 0.271 e. The molecule has 1 aromatic carbocycles. The van der Waals surface area contributed by atoms with Gasteiger partial charge in [0.2, 0.25) is 11.8 Å². The van der Waals surface area contributed by atoms with Crippen molar-refractivity contribution in [1.82, 2.24) is 25.1 Å². The average molecular weight is 525 g/mol. The van der Waals surface area contributed by atoms with Crippen molar-refractivity contribution in [2.75, 3.05) is 58.0 Å². The van der Waals surface area contributed by atoms with Crippen LogP contribution in [0, 0.1) is 6.92 Å². The molecule has 11 heteroatoms. The first-order chi connectivity index (χ1) is 17.9. The second-order valence-corrected chi connectivity index (χ2v) is 9.36. The standard InChI is InChI=1S/C27H40N8O3/c1-8-34(6)26-18(2)30-23(24(28)37)25(32-26)31-21-12-9-11-20(17-21)14-15-29-27(38)19(3)35(7)22(36)13-10-16-33(4)5/h9-13,17,19H,8,14-16H2,1-7H3,(H2,28,37)(H,29,38)(H,31,32)/b13-10+/t19-/m0/s1. The van der Waals surface area contributed by atoms with Crippen molar-refractivity contribution in [3.05, 3.63) is 53.4 Å². The van der Waals surface area contributed by atoms with Gasteiger partial charge in [-0.3, -0.25) is 14.4 Å². The van der Waals surface area contributed by atoms with Gasteiger partial charge in [-0.15, -0.1) is 0 Å². The Morgan fingerprint density at radius 3 is 2.47 bits per heavy atom. The van der Waals surface area contributed by atoms with Crippen LogP contribution in [0.3, 0.4) is 0 Å². The lowest BCUT2D eigenvalue weighted by atomic mass is 10.1. The number of primary amides is 1. The van der Waals surface area contributed by atoms with Crippen molar-refractivity contribution >= 4 is 35.0 Å². The SMILES string of the molecule is CCN(C)c1nc(Nc2cccc(CCNC(=O)[C@H](C)N(C)C(=O)/C=C/CN(C)C)c2)c(C(N)=O)nc1C. The lowest BCUT2D eigenvalue weighted by molar-refractivity contribution is -0.135. The van der Waals surface area contributed by atoms with Crippen molar-refractivity contribution in [2.45, 2.75) is 33.2 Å². The lowest BCUT2D eigenvalue weighted by Gasteiger charge is -2.23. The zero-order valence-corrected chi connectivity index (χ0v) is 23.4. The maximum atomic E-state index is 12.6. The van der Waals surface area contributed by atoms with Crippen LogP contribution in [-0.2, 0) is 16.0 Å². The third-order valence-electron chi connectivity index (χ3n) is 6.06. The van der Waals surface area contributed by atoms with Crippen molar-refractivity contribution in [3.63, 3.8) is 0 Å². The van der Waals surface area contributed by atoms with Crippen LogP contribution in [0.1, 0.15) is 35.6 Å². The molecule has 38 heavy (non-hydrogen) atoms. The highest BCUT2D eigenvalue weighted by atomic mass is 16.2. The van der Waals surface area contributed by atoms with Crippen LogP contribution in [0.4, 0.5) is 17.3 Å². The summed E-state index contributed by atoms with van der Waals surface area (Å²) in [6.07, 6.45) is 3.82. The summed E-state index contributed by atoms with van der Waals surface area (Å²) in [7, 11) is 7.34. The maximum absolute atomic E-state index is 12.6. The molecule has 1 heterocycles. The predicted octanol–water partition coefficient (Wildman–Crippen LogP) is 1.71. The van der Waals surface area contributed by atoms with Gasteiger partial charge in [0.1, 0.15) is 6.04 Å². The first-order valence-electron chi connectivity index (χ1n) is 12.6. The molecule has 0 saturated carbocycles. The first-order valence-corrected chi connectivity index (χ1v) is 12.6. The number of amides is 3. The molecule has 206 valence electrons. The highest BCUT2D eigenvalue weighted by Gasteiger charge is 2.21. The molecule has 4 N–H and O–H groups in total. The number of nitrogens with one attached hydrogen (secondary N) is 2. The maximum Gasteiger partial charge on any atom is 0.271 e. The minimum Gasteiger partial charge on any atom is -0.364 e. The third kappa shape index (κ3) is 8.55. The molecule has 0 saturated heterocycles. The minimum absolute atomic E-state index is 0.0673. The fraction of sp³-hybridized carbons (Fsp3) is 0.444. The molecule has 0 aliphatic carbocycles. The zero-order chi connectivity index (χ0) is 28.4. The fourth-order valence-electron chi connectivity index (χ4n) is 3.55. The van der Waals surface area contributed by atoms with E-state index in [1.54, 1.807) is 27.0 Å². The summed E-state index contributed by atoms with van der Waals surface area (Å²) >= 11 is 0. The monoisotopic (exact) mass is 524 g/mol. The summed E-state index contributed by atoms with van der Waals surface area (Å²) in [6.45, 7) is 7.25. The summed E-state index contributed by atoms with van der Waals surface area (Å²) < 4.78 is 0. The highest BCUT2D eigenvalue weighted by molar-refractivity contribution is 5.96. The van der Waals surface area contributed by atoms with E-state index in [1.807, 2.05) is 62.1 Å². The van der Waals surface area contributed by atoms with Crippen LogP contribution in [0.25, 0.3) is 0 Å². The molecule has 0 fully saturated rings. The molecule has 0 aliphatic rings. The van der Waals surface area contributed by atoms with Crippen molar-refractivity contribution in [1.29, 1.82) is 0 Å². The Labute approximate surface area is 225 Å². The van der Waals surface area contributed by atoms with Crippen LogP contribution >= 0.6 is 0 Å². The van der Waals surface area contributed by atoms with Gasteiger partial charge in [0.25, 0.3) is 5.91 Å². The van der Waals surface area contributed by atoms with E-state index >= 15 is 0 Å². The van der Waals surface area contributed by atoms with E-state index in [2.05, 4.69) is 20.6 Å². The van der Waals surface area contributed by atoms with Gasteiger partial charge >= 0.3 is 0 Å². The molecular weight excluding hydrogens is 484 g/mol. The second kappa shape index (κ2) is 14.1. The molecule has 2 aromatic rings. The second-order valence-electron chi connectivity index (χ2n) is 9.36. The molecule has 1 aromatic heterocycles. The number of nitrogens with zero attached hydrogens (tertiary/aromatic N) is 5. The quantitative estimate of drug-likeness (QED) is 0.337. The largest absolute Gasteiger partial charge is 0.364 e. The van der Waals surface area contributed by atoms with E-state index < -0.39 is 11.9 Å². The van der Waals surface area contributed by atoms with Gasteiger partial charge in [0.15, 0.2) is 17.3 Å². The van der Waals surface area contributed by atoms with Gasteiger partial charge in [-0.1, -0.05) is 18.2 Å². The third-order valence-corrected chi connectivity index (χ3v) is 6.06. The zero-order valence-electron chi connectivity index (χ0n) is 23.4. The minimum atomic E-state index is -0.668. The number of carbonyl (C=O) groups is 3. The number of rotatable bonds is 13. The molecule has 2 rings (SSSR count). The van der Waals surface area contributed by atoms with E-state index in [-0.39, 0.29) is 23.3 Å². The summed E-state index contributed by atoms with van der Waals surface area (Å²) in [5.41, 5.74) is 7.91. The van der Waals surface area contributed by atoms with E-state index in [4.69, 9.17) is 5.73 Å². The molecule has 0 spiro atoms. The summed E-state index contributed by atoms with van der Waals surface area (Å²) in [6, 6.07) is 6.97. The Bertz CT molecular complexity index is 1170. The number of hydrogen-bond acceptors (Lipinski definition) is 8. The number of anilines is 3. The van der Waals surface area contributed by atoms with Crippen molar-refractivity contribution in [2.24, 2.45) is 5.73 Å². The Kier molecular flexibility index (Phi) is 11.2. The average Bonchev–Trinajstić information content (AvgIpc) is 2.87. The number of aryl methyl sites for hydroxylation is 1. The number of aromatic nitrogens is 2. The Balaban J connectivity index is 2.03. The molecule has 3 amide bonds. The predicted molar refractivity (Wildman–Crippen MR) is 151 cm³/mol. The fourth-order valence-corrected chi connectivity index (χ4v) is 3.55. The molecule has 1 atom stereocenters.